The number of nitrogens with one attached hydrogen (secondary N) is 1. The van der Waals surface area contributed by atoms with E-state index >= 15 is 0 Å². The average Bonchev–Trinajstić information content (AvgIpc) is 3.17. The Balaban J connectivity index is 1.64. The molecule has 1 aliphatic heterocycles. The zero-order valence-corrected chi connectivity index (χ0v) is 11.3. The van der Waals surface area contributed by atoms with Gasteiger partial charge >= 0.3 is 0 Å². The van der Waals surface area contributed by atoms with Crippen molar-refractivity contribution in [3.05, 3.63) is 48.0 Å². The molecule has 1 N–H and O–H groups in total. The van der Waals surface area contributed by atoms with Crippen LogP contribution < -0.4 is 0 Å². The lowest BCUT2D eigenvalue weighted by molar-refractivity contribution is -0.132. The second kappa shape index (κ2) is 5.86. The molecule has 20 heavy (non-hydrogen) atoms. The van der Waals surface area contributed by atoms with E-state index in [1.54, 1.807) is 12.4 Å². The zero-order chi connectivity index (χ0) is 13.8. The van der Waals surface area contributed by atoms with E-state index < -0.39 is 0 Å². The maximum absolute atomic E-state index is 12.4. The molecular formula is C15H18N4O. The van der Waals surface area contributed by atoms with E-state index in [0.717, 1.165) is 36.9 Å². The fraction of sp³-hybridized carbons (Fsp3) is 0.400. The molecule has 3 rings (SSSR count). The molecule has 3 heterocycles. The molecule has 0 saturated carbocycles. The van der Waals surface area contributed by atoms with Gasteiger partial charge in [0.1, 0.15) is 0 Å². The van der Waals surface area contributed by atoms with Gasteiger partial charge in [-0.25, -0.2) is 0 Å². The second-order valence-corrected chi connectivity index (χ2v) is 5.14. The van der Waals surface area contributed by atoms with Crippen LogP contribution in [0.15, 0.2) is 36.9 Å². The summed E-state index contributed by atoms with van der Waals surface area (Å²) in [6, 6.07) is 4.18. The minimum absolute atomic E-state index is 0.195. The third kappa shape index (κ3) is 2.71. The quantitative estimate of drug-likeness (QED) is 0.925. The van der Waals surface area contributed by atoms with E-state index in [2.05, 4.69) is 21.2 Å². The zero-order valence-electron chi connectivity index (χ0n) is 11.3. The molecule has 1 aliphatic rings. The van der Waals surface area contributed by atoms with Gasteiger partial charge in [0.2, 0.25) is 5.91 Å². The van der Waals surface area contributed by atoms with Gasteiger partial charge in [-0.15, -0.1) is 0 Å². The van der Waals surface area contributed by atoms with Crippen LogP contribution in [0.2, 0.25) is 0 Å². The smallest absolute Gasteiger partial charge is 0.223 e. The highest BCUT2D eigenvalue weighted by Gasteiger charge is 2.29. The topological polar surface area (TPSA) is 61.9 Å². The monoisotopic (exact) mass is 270 g/mol. The van der Waals surface area contributed by atoms with Gasteiger partial charge in [0.15, 0.2) is 0 Å². The van der Waals surface area contributed by atoms with Crippen molar-refractivity contribution in [1.29, 1.82) is 0 Å². The van der Waals surface area contributed by atoms with Gasteiger partial charge in [-0.1, -0.05) is 6.07 Å². The van der Waals surface area contributed by atoms with Gasteiger partial charge in [0.25, 0.3) is 0 Å². The van der Waals surface area contributed by atoms with E-state index in [-0.39, 0.29) is 11.9 Å². The van der Waals surface area contributed by atoms with Crippen molar-refractivity contribution in [3.63, 3.8) is 0 Å². The summed E-state index contributed by atoms with van der Waals surface area (Å²) in [5, 5.41) is 6.68. The van der Waals surface area contributed by atoms with Crippen molar-refractivity contribution in [2.75, 3.05) is 6.54 Å². The lowest BCUT2D eigenvalue weighted by Gasteiger charge is -2.24. The highest BCUT2D eigenvalue weighted by molar-refractivity contribution is 5.77. The molecule has 5 heteroatoms. The van der Waals surface area contributed by atoms with Crippen LogP contribution in [-0.2, 0) is 11.2 Å². The van der Waals surface area contributed by atoms with Crippen LogP contribution in [0.4, 0.5) is 0 Å². The number of pyridine rings is 1. The Bertz CT molecular complexity index is 553. The normalized spacial score (nSPS) is 18.4. The van der Waals surface area contributed by atoms with Gasteiger partial charge < -0.3 is 4.90 Å². The maximum Gasteiger partial charge on any atom is 0.223 e. The Labute approximate surface area is 118 Å². The third-order valence-corrected chi connectivity index (χ3v) is 3.82. The Hall–Kier alpha value is -2.17. The lowest BCUT2D eigenvalue weighted by atomic mass is 10.1. The predicted molar refractivity (Wildman–Crippen MR) is 74.8 cm³/mol. The van der Waals surface area contributed by atoms with E-state index in [1.165, 1.54) is 0 Å². The molecule has 0 aromatic carbocycles. The molecular weight excluding hydrogens is 252 g/mol. The van der Waals surface area contributed by atoms with Gasteiger partial charge in [0.05, 0.1) is 12.2 Å². The van der Waals surface area contributed by atoms with Gasteiger partial charge in [-0.2, -0.15) is 5.10 Å². The van der Waals surface area contributed by atoms with E-state index in [9.17, 15) is 4.79 Å². The number of aromatic amines is 1. The van der Waals surface area contributed by atoms with Crippen LogP contribution in [0.25, 0.3) is 0 Å². The standard InChI is InChI=1S/C15H18N4O/c20-15(6-5-12-9-17-18-10-12)19-8-2-4-14(19)13-3-1-7-16-11-13/h1,3,7,9-11,14H,2,4-6,8H2,(H,17,18). The molecule has 1 saturated heterocycles. The Morgan fingerprint density at radius 1 is 1.45 bits per heavy atom. The largest absolute Gasteiger partial charge is 0.336 e. The summed E-state index contributed by atoms with van der Waals surface area (Å²) >= 11 is 0. The third-order valence-electron chi connectivity index (χ3n) is 3.82. The summed E-state index contributed by atoms with van der Waals surface area (Å²) < 4.78 is 0. The number of amides is 1. The number of aromatic nitrogens is 3. The molecule has 0 radical (unpaired) electrons. The first-order valence-corrected chi connectivity index (χ1v) is 7.01. The number of nitrogens with zero attached hydrogens (tertiary/aromatic N) is 3. The number of H-pyrrole nitrogens is 1. The molecule has 2 aromatic heterocycles. The molecule has 0 spiro atoms. The molecule has 0 bridgehead atoms. The lowest BCUT2D eigenvalue weighted by Crippen LogP contribution is -2.30. The van der Waals surface area contributed by atoms with Gasteiger partial charge in [0, 0.05) is 31.6 Å². The molecule has 1 atom stereocenters. The fourth-order valence-corrected chi connectivity index (χ4v) is 2.79. The van der Waals surface area contributed by atoms with Crippen LogP contribution >= 0.6 is 0 Å². The number of likely N-dealkylation sites (tertiary alicyclic amines) is 1. The molecule has 104 valence electrons. The fourth-order valence-electron chi connectivity index (χ4n) is 2.79. The summed E-state index contributed by atoms with van der Waals surface area (Å²) in [4.78, 5) is 18.6. The number of carbonyl (C=O) groups excluding carboxylic acids is 1. The first-order valence-electron chi connectivity index (χ1n) is 7.01. The SMILES string of the molecule is O=C(CCc1cn[nH]c1)N1CCCC1c1cccnc1. The van der Waals surface area contributed by atoms with Crippen molar-refractivity contribution >= 4 is 5.91 Å². The van der Waals surface area contributed by atoms with Crippen LogP contribution in [0.5, 0.6) is 0 Å². The Morgan fingerprint density at radius 2 is 2.40 bits per heavy atom. The number of carbonyl (C=O) groups is 1. The van der Waals surface area contributed by atoms with Gasteiger partial charge in [-0.05, 0) is 36.5 Å². The summed E-state index contributed by atoms with van der Waals surface area (Å²) in [6.07, 6.45) is 10.6. The molecule has 2 aromatic rings. The first kappa shape index (κ1) is 12.8. The second-order valence-electron chi connectivity index (χ2n) is 5.14. The molecule has 0 aliphatic carbocycles. The van der Waals surface area contributed by atoms with Crippen molar-refractivity contribution in [2.45, 2.75) is 31.7 Å². The molecule has 1 fully saturated rings. The van der Waals surface area contributed by atoms with E-state index in [1.807, 2.05) is 23.4 Å². The van der Waals surface area contributed by atoms with E-state index in [4.69, 9.17) is 0 Å². The van der Waals surface area contributed by atoms with Crippen molar-refractivity contribution < 1.29 is 4.79 Å². The summed E-state index contributed by atoms with van der Waals surface area (Å²) in [7, 11) is 0. The van der Waals surface area contributed by atoms with Crippen molar-refractivity contribution in [3.8, 4) is 0 Å². The minimum Gasteiger partial charge on any atom is -0.336 e. The maximum atomic E-state index is 12.4. The van der Waals surface area contributed by atoms with E-state index in [0.29, 0.717) is 6.42 Å². The average molecular weight is 270 g/mol. The Kier molecular flexibility index (Phi) is 3.76. The summed E-state index contributed by atoms with van der Waals surface area (Å²) in [5.74, 6) is 0.220. The van der Waals surface area contributed by atoms with Crippen molar-refractivity contribution in [2.24, 2.45) is 0 Å². The number of hydrogen-bond acceptors (Lipinski definition) is 3. The molecule has 1 amide bonds. The number of hydrogen-bond donors (Lipinski definition) is 1. The number of rotatable bonds is 4. The van der Waals surface area contributed by atoms with Gasteiger partial charge in [-0.3, -0.25) is 14.9 Å². The van der Waals surface area contributed by atoms with Crippen LogP contribution in [0.1, 0.15) is 36.4 Å². The van der Waals surface area contributed by atoms with Crippen LogP contribution in [0.3, 0.4) is 0 Å². The highest BCUT2D eigenvalue weighted by Crippen LogP contribution is 2.31. The molecule has 5 nitrogen and oxygen atoms in total. The molecule has 1 unspecified atom stereocenters. The summed E-state index contributed by atoms with van der Waals surface area (Å²) in [6.45, 7) is 0.851. The van der Waals surface area contributed by atoms with Crippen LogP contribution in [0, 0.1) is 0 Å². The highest BCUT2D eigenvalue weighted by atomic mass is 16.2. The summed E-state index contributed by atoms with van der Waals surface area (Å²) in [5.41, 5.74) is 2.22. The predicted octanol–water partition coefficient (Wildman–Crippen LogP) is 2.10. The van der Waals surface area contributed by atoms with Crippen molar-refractivity contribution in [1.82, 2.24) is 20.1 Å². The minimum atomic E-state index is 0.195. The Morgan fingerprint density at radius 3 is 3.15 bits per heavy atom. The number of aryl methyl sites for hydroxylation is 1. The van der Waals surface area contributed by atoms with Crippen LogP contribution in [-0.4, -0.2) is 32.5 Å². The first-order chi connectivity index (χ1) is 9.84.